The molecule has 2 rings (SSSR count). The van der Waals surface area contributed by atoms with E-state index >= 15 is 0 Å². The summed E-state index contributed by atoms with van der Waals surface area (Å²) in [6.07, 6.45) is 6.90. The van der Waals surface area contributed by atoms with Gasteiger partial charge in [0.1, 0.15) is 0 Å². The van der Waals surface area contributed by atoms with E-state index in [0.717, 1.165) is 51.9 Å². The highest BCUT2D eigenvalue weighted by atomic mass is 16.2. The second kappa shape index (κ2) is 8.14. The van der Waals surface area contributed by atoms with Crippen molar-refractivity contribution in [1.82, 2.24) is 9.80 Å². The third-order valence-electron chi connectivity index (χ3n) is 5.63. The maximum Gasteiger partial charge on any atom is 0.226 e. The molecule has 1 heterocycles. The molecule has 1 saturated heterocycles. The van der Waals surface area contributed by atoms with Crippen molar-refractivity contribution in [1.29, 1.82) is 0 Å². The van der Waals surface area contributed by atoms with Gasteiger partial charge in [-0.2, -0.15) is 0 Å². The largest absolute Gasteiger partial charge is 0.342 e. The molecule has 4 heteroatoms. The number of piperidine rings is 1. The van der Waals surface area contributed by atoms with Crippen molar-refractivity contribution in [2.75, 3.05) is 32.7 Å². The minimum Gasteiger partial charge on any atom is -0.342 e. The second-order valence-corrected chi connectivity index (χ2v) is 6.66. The Bertz CT molecular complexity index is 322. The highest BCUT2D eigenvalue weighted by Gasteiger charge is 2.34. The van der Waals surface area contributed by atoms with Gasteiger partial charge in [-0.15, -0.1) is 0 Å². The molecule has 0 aromatic heterocycles. The van der Waals surface area contributed by atoms with Gasteiger partial charge in [0.2, 0.25) is 5.91 Å². The summed E-state index contributed by atoms with van der Waals surface area (Å²) < 4.78 is 0. The Morgan fingerprint density at radius 2 is 1.71 bits per heavy atom. The van der Waals surface area contributed by atoms with Crippen molar-refractivity contribution in [2.24, 2.45) is 17.6 Å². The minimum absolute atomic E-state index is 0.203. The van der Waals surface area contributed by atoms with Crippen LogP contribution < -0.4 is 5.73 Å². The molecule has 4 nitrogen and oxygen atoms in total. The van der Waals surface area contributed by atoms with Crippen LogP contribution in [0.1, 0.15) is 52.4 Å². The second-order valence-electron chi connectivity index (χ2n) is 6.66. The van der Waals surface area contributed by atoms with Crippen molar-refractivity contribution in [3.63, 3.8) is 0 Å². The van der Waals surface area contributed by atoms with E-state index in [1.165, 1.54) is 12.8 Å². The zero-order valence-corrected chi connectivity index (χ0v) is 13.9. The molecule has 1 amide bonds. The van der Waals surface area contributed by atoms with E-state index in [1.807, 2.05) is 0 Å². The van der Waals surface area contributed by atoms with Gasteiger partial charge in [-0.3, -0.25) is 4.79 Å². The van der Waals surface area contributed by atoms with Crippen molar-refractivity contribution in [3.05, 3.63) is 0 Å². The third kappa shape index (κ3) is 3.98. The lowest BCUT2D eigenvalue weighted by Gasteiger charge is -2.40. The molecule has 2 fully saturated rings. The lowest BCUT2D eigenvalue weighted by molar-refractivity contribution is -0.140. The van der Waals surface area contributed by atoms with Gasteiger partial charge >= 0.3 is 0 Å². The van der Waals surface area contributed by atoms with Crippen LogP contribution >= 0.6 is 0 Å². The average molecular weight is 295 g/mol. The van der Waals surface area contributed by atoms with Gasteiger partial charge in [0.25, 0.3) is 0 Å². The zero-order chi connectivity index (χ0) is 15.2. The van der Waals surface area contributed by atoms with Gasteiger partial charge in [-0.1, -0.05) is 26.7 Å². The summed E-state index contributed by atoms with van der Waals surface area (Å²) in [6, 6.07) is 0.667. The van der Waals surface area contributed by atoms with Gasteiger partial charge < -0.3 is 15.5 Å². The summed E-state index contributed by atoms with van der Waals surface area (Å²) in [5.41, 5.74) is 5.88. The number of rotatable bonds is 5. The Hall–Kier alpha value is -0.610. The maximum atomic E-state index is 12.8. The quantitative estimate of drug-likeness (QED) is 0.845. The van der Waals surface area contributed by atoms with Gasteiger partial charge in [0, 0.05) is 25.0 Å². The number of carbonyl (C=O) groups excluding carboxylic acids is 1. The Morgan fingerprint density at radius 1 is 1.10 bits per heavy atom. The van der Waals surface area contributed by atoms with Crippen LogP contribution in [0.5, 0.6) is 0 Å². The first-order chi connectivity index (χ1) is 10.2. The molecule has 0 spiro atoms. The number of nitrogens with zero attached hydrogens (tertiary/aromatic N) is 2. The van der Waals surface area contributed by atoms with E-state index in [-0.39, 0.29) is 5.92 Å². The highest BCUT2D eigenvalue weighted by molar-refractivity contribution is 5.79. The predicted octanol–water partition coefficient (Wildman–Crippen LogP) is 2.08. The number of hydrogen-bond acceptors (Lipinski definition) is 3. The molecule has 0 aromatic rings. The van der Waals surface area contributed by atoms with E-state index in [2.05, 4.69) is 23.6 Å². The van der Waals surface area contributed by atoms with Crippen LogP contribution in [0.2, 0.25) is 0 Å². The summed E-state index contributed by atoms with van der Waals surface area (Å²) in [6.45, 7) is 9.25. The van der Waals surface area contributed by atoms with E-state index in [9.17, 15) is 4.79 Å². The molecule has 0 radical (unpaired) electrons. The van der Waals surface area contributed by atoms with Crippen LogP contribution in [0, 0.1) is 11.8 Å². The molecule has 1 aliphatic carbocycles. The number of amides is 1. The number of nitrogens with two attached hydrogens (primary N) is 1. The van der Waals surface area contributed by atoms with Gasteiger partial charge in [0.15, 0.2) is 0 Å². The van der Waals surface area contributed by atoms with Gasteiger partial charge in [0.05, 0.1) is 0 Å². The summed E-state index contributed by atoms with van der Waals surface area (Å²) in [4.78, 5) is 17.5. The lowest BCUT2D eigenvalue weighted by Crippen LogP contribution is -2.49. The van der Waals surface area contributed by atoms with Crippen molar-refractivity contribution in [2.45, 2.75) is 58.4 Å². The van der Waals surface area contributed by atoms with E-state index in [1.54, 1.807) is 0 Å². The number of carbonyl (C=O) groups is 1. The third-order valence-corrected chi connectivity index (χ3v) is 5.63. The van der Waals surface area contributed by atoms with Crippen LogP contribution in [-0.2, 0) is 4.79 Å². The smallest absolute Gasteiger partial charge is 0.226 e. The average Bonchev–Trinajstić information content (AvgIpc) is 2.56. The SMILES string of the molecule is CCN(CC)C1CCN(C(=O)C2CCCCC2CN)CC1. The van der Waals surface area contributed by atoms with E-state index in [0.29, 0.717) is 24.4 Å². The lowest BCUT2D eigenvalue weighted by atomic mass is 9.78. The van der Waals surface area contributed by atoms with Crippen LogP contribution in [0.4, 0.5) is 0 Å². The van der Waals surface area contributed by atoms with Crippen molar-refractivity contribution < 1.29 is 4.79 Å². The monoisotopic (exact) mass is 295 g/mol. The normalized spacial score (nSPS) is 28.1. The highest BCUT2D eigenvalue weighted by Crippen LogP contribution is 2.31. The van der Waals surface area contributed by atoms with Crippen LogP contribution in [-0.4, -0.2) is 54.5 Å². The fourth-order valence-electron chi connectivity index (χ4n) is 4.24. The molecule has 1 aliphatic heterocycles. The Morgan fingerprint density at radius 3 is 2.29 bits per heavy atom. The molecule has 0 aromatic carbocycles. The molecule has 2 unspecified atom stereocenters. The first kappa shape index (κ1) is 16.8. The first-order valence-electron chi connectivity index (χ1n) is 8.94. The van der Waals surface area contributed by atoms with Crippen molar-refractivity contribution >= 4 is 5.91 Å². The van der Waals surface area contributed by atoms with Crippen LogP contribution in [0.25, 0.3) is 0 Å². The molecule has 2 aliphatic rings. The standard InChI is InChI=1S/C17H33N3O/c1-3-19(4-2)15-9-11-20(12-10-15)17(21)16-8-6-5-7-14(16)13-18/h14-16H,3-13,18H2,1-2H3. The summed E-state index contributed by atoms with van der Waals surface area (Å²) in [5.74, 6) is 1.02. The minimum atomic E-state index is 0.203. The molecular weight excluding hydrogens is 262 g/mol. The summed E-state index contributed by atoms with van der Waals surface area (Å²) >= 11 is 0. The zero-order valence-electron chi connectivity index (χ0n) is 13.9. The summed E-state index contributed by atoms with van der Waals surface area (Å²) in [5, 5.41) is 0. The molecule has 1 saturated carbocycles. The molecule has 2 atom stereocenters. The fraction of sp³-hybridized carbons (Fsp3) is 0.941. The molecular formula is C17H33N3O. The topological polar surface area (TPSA) is 49.6 Å². The first-order valence-corrected chi connectivity index (χ1v) is 8.94. The van der Waals surface area contributed by atoms with Gasteiger partial charge in [-0.05, 0) is 51.2 Å². The van der Waals surface area contributed by atoms with Gasteiger partial charge in [-0.25, -0.2) is 0 Å². The molecule has 0 bridgehead atoms. The predicted molar refractivity (Wildman–Crippen MR) is 87.0 cm³/mol. The van der Waals surface area contributed by atoms with E-state index in [4.69, 9.17) is 5.73 Å². The van der Waals surface area contributed by atoms with Crippen LogP contribution in [0.15, 0.2) is 0 Å². The Kier molecular flexibility index (Phi) is 6.49. The number of hydrogen-bond donors (Lipinski definition) is 1. The molecule has 122 valence electrons. The van der Waals surface area contributed by atoms with E-state index < -0.39 is 0 Å². The Labute approximate surface area is 130 Å². The fourth-order valence-corrected chi connectivity index (χ4v) is 4.24. The molecule has 21 heavy (non-hydrogen) atoms. The van der Waals surface area contributed by atoms with Crippen molar-refractivity contribution in [3.8, 4) is 0 Å². The van der Waals surface area contributed by atoms with Crippen LogP contribution in [0.3, 0.4) is 0 Å². The Balaban J connectivity index is 1.87. The maximum absolute atomic E-state index is 12.8. The number of likely N-dealkylation sites (tertiary alicyclic amines) is 1. The molecule has 2 N–H and O–H groups in total. The summed E-state index contributed by atoms with van der Waals surface area (Å²) in [7, 11) is 0.